The highest BCUT2D eigenvalue weighted by Gasteiger charge is 2.27. The van der Waals surface area contributed by atoms with Gasteiger partial charge in [-0.15, -0.1) is 0 Å². The molecule has 0 amide bonds. The zero-order valence-electron chi connectivity index (χ0n) is 15.5. The molecule has 2 rings (SSSR count). The van der Waals surface area contributed by atoms with Crippen LogP contribution >= 0.6 is 7.92 Å². The number of rotatable bonds is 4. The first-order chi connectivity index (χ1) is 10.7. The topological polar surface area (TPSA) is 6.48 Å². The number of benzene rings is 2. The van der Waals surface area contributed by atoms with Crippen LogP contribution in [0.4, 0.5) is 11.4 Å². The molecule has 0 saturated heterocycles. The van der Waals surface area contributed by atoms with Gasteiger partial charge in [0.2, 0.25) is 0 Å². The largest absolute Gasteiger partial charge is 0.378 e. The van der Waals surface area contributed by atoms with Gasteiger partial charge in [0.25, 0.3) is 0 Å². The lowest BCUT2D eigenvalue weighted by molar-refractivity contribution is 0.793. The summed E-state index contributed by atoms with van der Waals surface area (Å²) in [6.45, 7) is 7.04. The first-order valence-corrected chi connectivity index (χ1v) is 9.39. The Bertz CT molecular complexity index is 571. The standard InChI is InChI=1S/C20H29N2P/c1-20(2,3)23(18-12-8-16(9-13-18)21(4)5)19-14-10-17(11-15-19)22(6)7/h8-15H,1-7H3. The van der Waals surface area contributed by atoms with Gasteiger partial charge in [0.1, 0.15) is 0 Å². The number of nitrogens with zero attached hydrogens (tertiary/aromatic N) is 2. The van der Waals surface area contributed by atoms with E-state index in [1.54, 1.807) is 0 Å². The minimum atomic E-state index is -0.392. The van der Waals surface area contributed by atoms with Gasteiger partial charge in [-0.3, -0.25) is 0 Å². The van der Waals surface area contributed by atoms with Crippen LogP contribution in [-0.2, 0) is 0 Å². The molecule has 3 heteroatoms. The molecular formula is C20H29N2P. The van der Waals surface area contributed by atoms with Crippen LogP contribution in [0.3, 0.4) is 0 Å². The summed E-state index contributed by atoms with van der Waals surface area (Å²) in [5.74, 6) is 0. The summed E-state index contributed by atoms with van der Waals surface area (Å²) < 4.78 is 0. The van der Waals surface area contributed by atoms with Crippen molar-refractivity contribution in [3.63, 3.8) is 0 Å². The fourth-order valence-electron chi connectivity index (χ4n) is 2.72. The van der Waals surface area contributed by atoms with Crippen molar-refractivity contribution in [2.75, 3.05) is 38.0 Å². The maximum atomic E-state index is 2.35. The summed E-state index contributed by atoms with van der Waals surface area (Å²) >= 11 is 0. The van der Waals surface area contributed by atoms with Gasteiger partial charge in [-0.1, -0.05) is 45.0 Å². The number of hydrogen-bond acceptors (Lipinski definition) is 2. The molecule has 0 aliphatic heterocycles. The predicted molar refractivity (Wildman–Crippen MR) is 107 cm³/mol. The fraction of sp³-hybridized carbons (Fsp3) is 0.400. The monoisotopic (exact) mass is 328 g/mol. The third kappa shape index (κ3) is 4.26. The lowest BCUT2D eigenvalue weighted by Gasteiger charge is -2.32. The second-order valence-electron chi connectivity index (χ2n) is 7.33. The fourth-order valence-corrected chi connectivity index (χ4v) is 5.47. The maximum Gasteiger partial charge on any atom is 0.0361 e. The average molecular weight is 328 g/mol. The molecule has 0 heterocycles. The second kappa shape index (κ2) is 6.93. The van der Waals surface area contributed by atoms with Crippen molar-refractivity contribution in [3.8, 4) is 0 Å². The van der Waals surface area contributed by atoms with Gasteiger partial charge in [0.15, 0.2) is 0 Å². The van der Waals surface area contributed by atoms with E-state index in [4.69, 9.17) is 0 Å². The van der Waals surface area contributed by atoms with Crippen molar-refractivity contribution in [1.29, 1.82) is 0 Å². The Kier molecular flexibility index (Phi) is 5.37. The summed E-state index contributed by atoms with van der Waals surface area (Å²) in [5, 5.41) is 3.11. The van der Waals surface area contributed by atoms with Crippen LogP contribution < -0.4 is 20.4 Å². The summed E-state index contributed by atoms with van der Waals surface area (Å²) in [4.78, 5) is 4.30. The van der Waals surface area contributed by atoms with Gasteiger partial charge >= 0.3 is 0 Å². The van der Waals surface area contributed by atoms with Gasteiger partial charge in [-0.25, -0.2) is 0 Å². The molecule has 0 bridgehead atoms. The van der Waals surface area contributed by atoms with Gasteiger partial charge in [0, 0.05) is 39.6 Å². The normalized spacial score (nSPS) is 11.7. The van der Waals surface area contributed by atoms with E-state index in [-0.39, 0.29) is 5.16 Å². The molecule has 124 valence electrons. The van der Waals surface area contributed by atoms with Gasteiger partial charge < -0.3 is 9.80 Å². The Morgan fingerprint density at radius 3 is 1.13 bits per heavy atom. The van der Waals surface area contributed by atoms with Crippen LogP contribution in [0, 0.1) is 0 Å². The molecule has 0 unspecified atom stereocenters. The zero-order valence-corrected chi connectivity index (χ0v) is 16.4. The molecular weight excluding hydrogens is 299 g/mol. The zero-order chi connectivity index (χ0) is 17.2. The third-order valence-corrected chi connectivity index (χ3v) is 6.89. The van der Waals surface area contributed by atoms with E-state index in [1.807, 2.05) is 0 Å². The molecule has 0 fully saturated rings. The van der Waals surface area contributed by atoms with Crippen LogP contribution in [0.25, 0.3) is 0 Å². The molecule has 0 aromatic heterocycles. The highest BCUT2D eigenvalue weighted by atomic mass is 31.1. The summed E-state index contributed by atoms with van der Waals surface area (Å²) in [6.07, 6.45) is 0. The first-order valence-electron chi connectivity index (χ1n) is 8.05. The molecule has 0 radical (unpaired) electrons. The minimum Gasteiger partial charge on any atom is -0.378 e. The van der Waals surface area contributed by atoms with E-state index in [0.29, 0.717) is 0 Å². The van der Waals surface area contributed by atoms with Crippen molar-refractivity contribution in [2.24, 2.45) is 0 Å². The molecule has 0 N–H and O–H groups in total. The van der Waals surface area contributed by atoms with Gasteiger partial charge in [-0.05, 0) is 48.0 Å². The van der Waals surface area contributed by atoms with Gasteiger partial charge in [0.05, 0.1) is 0 Å². The van der Waals surface area contributed by atoms with Crippen molar-refractivity contribution in [1.82, 2.24) is 0 Å². The number of anilines is 2. The summed E-state index contributed by atoms with van der Waals surface area (Å²) in [6, 6.07) is 18.1. The molecule has 0 atom stereocenters. The van der Waals surface area contributed by atoms with Crippen LogP contribution in [0.1, 0.15) is 20.8 Å². The highest BCUT2D eigenvalue weighted by Crippen LogP contribution is 2.47. The summed E-state index contributed by atoms with van der Waals surface area (Å²) in [7, 11) is 7.95. The molecule has 2 aromatic carbocycles. The van der Waals surface area contributed by atoms with Crippen LogP contribution in [0.15, 0.2) is 48.5 Å². The van der Waals surface area contributed by atoms with E-state index in [2.05, 4.69) is 107 Å². The number of hydrogen-bond donors (Lipinski definition) is 0. The quantitative estimate of drug-likeness (QED) is 0.781. The van der Waals surface area contributed by atoms with E-state index < -0.39 is 7.92 Å². The van der Waals surface area contributed by atoms with E-state index >= 15 is 0 Å². The average Bonchev–Trinajstić information content (AvgIpc) is 2.47. The van der Waals surface area contributed by atoms with Crippen LogP contribution in [0.5, 0.6) is 0 Å². The molecule has 0 saturated carbocycles. The van der Waals surface area contributed by atoms with Crippen LogP contribution in [-0.4, -0.2) is 33.3 Å². The second-order valence-corrected chi connectivity index (χ2v) is 10.4. The SMILES string of the molecule is CN(C)c1ccc(P(c2ccc(N(C)C)cc2)C(C)(C)C)cc1. The third-order valence-electron chi connectivity index (χ3n) is 3.92. The van der Waals surface area contributed by atoms with E-state index in [9.17, 15) is 0 Å². The Balaban J connectivity index is 2.41. The lowest BCUT2D eigenvalue weighted by Crippen LogP contribution is -2.26. The van der Waals surface area contributed by atoms with Crippen LogP contribution in [0.2, 0.25) is 0 Å². The predicted octanol–water partition coefficient (Wildman–Crippen LogP) is 4.05. The smallest absolute Gasteiger partial charge is 0.0361 e. The van der Waals surface area contributed by atoms with Crippen molar-refractivity contribution in [3.05, 3.63) is 48.5 Å². The molecule has 2 aromatic rings. The molecule has 23 heavy (non-hydrogen) atoms. The Hall–Kier alpha value is -1.53. The van der Waals surface area contributed by atoms with Gasteiger partial charge in [-0.2, -0.15) is 0 Å². The van der Waals surface area contributed by atoms with Crippen molar-refractivity contribution < 1.29 is 0 Å². The Labute approximate surface area is 142 Å². The Morgan fingerprint density at radius 1 is 0.609 bits per heavy atom. The first kappa shape index (κ1) is 17.8. The van der Waals surface area contributed by atoms with Crippen molar-refractivity contribution in [2.45, 2.75) is 25.9 Å². The molecule has 0 spiro atoms. The Morgan fingerprint density at radius 2 is 0.913 bits per heavy atom. The highest BCUT2D eigenvalue weighted by molar-refractivity contribution is 7.74. The van der Waals surface area contributed by atoms with E-state index in [1.165, 1.54) is 22.0 Å². The molecule has 2 nitrogen and oxygen atoms in total. The maximum absolute atomic E-state index is 2.35. The van der Waals surface area contributed by atoms with E-state index in [0.717, 1.165) is 0 Å². The molecule has 0 aliphatic carbocycles. The van der Waals surface area contributed by atoms with Crippen molar-refractivity contribution >= 4 is 29.9 Å². The lowest BCUT2D eigenvalue weighted by atomic mass is 10.2. The molecule has 0 aliphatic rings. The summed E-state index contributed by atoms with van der Waals surface area (Å²) in [5.41, 5.74) is 2.50. The minimum absolute atomic E-state index is 0.231.